The third-order valence-corrected chi connectivity index (χ3v) is 5.60. The molecular formula is C24H26N2O3S. The van der Waals surface area contributed by atoms with Gasteiger partial charge in [0.05, 0.1) is 5.75 Å². The lowest BCUT2D eigenvalue weighted by Gasteiger charge is -2.09. The summed E-state index contributed by atoms with van der Waals surface area (Å²) in [6.45, 7) is 0. The average Bonchev–Trinajstić information content (AvgIpc) is 2.75. The number of primary sulfonamides is 1. The van der Waals surface area contributed by atoms with E-state index >= 15 is 0 Å². The van der Waals surface area contributed by atoms with Crippen LogP contribution in [0.25, 0.3) is 0 Å². The van der Waals surface area contributed by atoms with Crippen molar-refractivity contribution >= 4 is 15.7 Å². The molecule has 0 fully saturated rings. The highest BCUT2D eigenvalue weighted by atomic mass is 32.2. The molecule has 0 atom stereocenters. The molecule has 6 heteroatoms. The molecule has 30 heavy (non-hydrogen) atoms. The van der Waals surface area contributed by atoms with Crippen molar-refractivity contribution in [1.82, 2.24) is 0 Å². The van der Waals surface area contributed by atoms with Crippen LogP contribution in [0.15, 0.2) is 84.0 Å². The largest absolute Gasteiger partial charge is 0.399 e. The molecule has 3 rings (SSSR count). The standard InChI is InChI=1S/C24H26N2O3S/c1-29-26-24(22-7-3-2-4-8-22)23-9-5-6-21(18-23)15-14-19-10-12-20(13-11-19)16-17-30(25,27)28/h2-13,18H,14-17H2,1H3,(H2,25,27,28)/b26-24-. The van der Waals surface area contributed by atoms with E-state index in [0.717, 1.165) is 35.2 Å². The predicted octanol–water partition coefficient (Wildman–Crippen LogP) is 3.70. The topological polar surface area (TPSA) is 81.8 Å². The molecule has 0 spiro atoms. The van der Waals surface area contributed by atoms with Crippen LogP contribution in [-0.2, 0) is 34.1 Å². The first-order chi connectivity index (χ1) is 14.4. The molecule has 0 aromatic heterocycles. The van der Waals surface area contributed by atoms with Crippen LogP contribution in [0.4, 0.5) is 0 Å². The molecule has 3 aromatic rings. The summed E-state index contributed by atoms with van der Waals surface area (Å²) in [5.74, 6) is -0.0358. The van der Waals surface area contributed by atoms with Crippen LogP contribution in [0.5, 0.6) is 0 Å². The summed E-state index contributed by atoms with van der Waals surface area (Å²) in [4.78, 5) is 5.08. The Balaban J connectivity index is 1.67. The van der Waals surface area contributed by atoms with Gasteiger partial charge < -0.3 is 4.84 Å². The Kier molecular flexibility index (Phi) is 7.38. The van der Waals surface area contributed by atoms with Gasteiger partial charge in [0.15, 0.2) is 0 Å². The second-order valence-corrected chi connectivity index (χ2v) is 8.86. The second kappa shape index (κ2) is 10.2. The lowest BCUT2D eigenvalue weighted by atomic mass is 9.97. The van der Waals surface area contributed by atoms with E-state index < -0.39 is 10.0 Å². The van der Waals surface area contributed by atoms with Crippen molar-refractivity contribution in [2.24, 2.45) is 10.3 Å². The quantitative estimate of drug-likeness (QED) is 0.422. The molecular weight excluding hydrogens is 396 g/mol. The number of nitrogens with zero attached hydrogens (tertiary/aromatic N) is 1. The van der Waals surface area contributed by atoms with Crippen molar-refractivity contribution in [3.8, 4) is 0 Å². The minimum absolute atomic E-state index is 0.0358. The van der Waals surface area contributed by atoms with Crippen molar-refractivity contribution < 1.29 is 13.3 Å². The van der Waals surface area contributed by atoms with Crippen LogP contribution in [0, 0.1) is 0 Å². The average molecular weight is 423 g/mol. The molecule has 5 nitrogen and oxygen atoms in total. The third kappa shape index (κ3) is 6.54. The molecule has 0 bridgehead atoms. The van der Waals surface area contributed by atoms with Gasteiger partial charge in [0.25, 0.3) is 0 Å². The fraction of sp³-hybridized carbons (Fsp3) is 0.208. The van der Waals surface area contributed by atoms with E-state index in [1.54, 1.807) is 7.11 Å². The van der Waals surface area contributed by atoms with Crippen molar-refractivity contribution in [2.75, 3.05) is 12.9 Å². The number of benzene rings is 3. The van der Waals surface area contributed by atoms with Gasteiger partial charge in [0, 0.05) is 11.1 Å². The van der Waals surface area contributed by atoms with E-state index in [4.69, 9.17) is 9.98 Å². The van der Waals surface area contributed by atoms with Gasteiger partial charge in [-0.15, -0.1) is 0 Å². The molecule has 0 amide bonds. The van der Waals surface area contributed by atoms with E-state index in [1.165, 1.54) is 11.1 Å². The highest BCUT2D eigenvalue weighted by Crippen LogP contribution is 2.16. The fourth-order valence-electron chi connectivity index (χ4n) is 3.25. The van der Waals surface area contributed by atoms with Crippen molar-refractivity contribution in [2.45, 2.75) is 19.3 Å². The predicted molar refractivity (Wildman–Crippen MR) is 121 cm³/mol. The summed E-state index contributed by atoms with van der Waals surface area (Å²) in [5, 5.41) is 9.30. The van der Waals surface area contributed by atoms with Crippen LogP contribution in [0.2, 0.25) is 0 Å². The maximum Gasteiger partial charge on any atom is 0.209 e. The first-order valence-electron chi connectivity index (χ1n) is 9.79. The summed E-state index contributed by atoms with van der Waals surface area (Å²) in [6, 6.07) is 26.3. The van der Waals surface area contributed by atoms with Gasteiger partial charge in [-0.05, 0) is 42.0 Å². The highest BCUT2D eigenvalue weighted by Gasteiger charge is 2.09. The summed E-state index contributed by atoms with van der Waals surface area (Å²) in [5.41, 5.74) is 6.21. The Morgan fingerprint density at radius 2 is 1.40 bits per heavy atom. The first-order valence-corrected chi connectivity index (χ1v) is 11.5. The molecule has 0 unspecified atom stereocenters. The number of hydrogen-bond donors (Lipinski definition) is 1. The van der Waals surface area contributed by atoms with Gasteiger partial charge in [-0.2, -0.15) is 0 Å². The smallest absolute Gasteiger partial charge is 0.209 e. The monoisotopic (exact) mass is 422 g/mol. The van der Waals surface area contributed by atoms with Gasteiger partial charge in [-0.1, -0.05) is 78.0 Å². The van der Waals surface area contributed by atoms with E-state index in [-0.39, 0.29) is 5.75 Å². The second-order valence-electron chi connectivity index (χ2n) is 7.12. The van der Waals surface area contributed by atoms with E-state index in [9.17, 15) is 8.42 Å². The third-order valence-electron chi connectivity index (χ3n) is 4.83. The van der Waals surface area contributed by atoms with E-state index in [1.807, 2.05) is 66.7 Å². The zero-order valence-electron chi connectivity index (χ0n) is 17.0. The fourth-order valence-corrected chi connectivity index (χ4v) is 3.78. The molecule has 0 radical (unpaired) electrons. The molecule has 0 heterocycles. The van der Waals surface area contributed by atoms with E-state index in [2.05, 4.69) is 17.3 Å². The van der Waals surface area contributed by atoms with Crippen LogP contribution < -0.4 is 5.14 Å². The molecule has 156 valence electrons. The molecule has 3 aromatic carbocycles. The molecule has 0 aliphatic carbocycles. The Hall–Kier alpha value is -2.96. The summed E-state index contributed by atoms with van der Waals surface area (Å²) < 4.78 is 22.2. The normalized spacial score (nSPS) is 12.0. The Labute approximate surface area is 178 Å². The summed E-state index contributed by atoms with van der Waals surface area (Å²) in [6.07, 6.45) is 2.21. The van der Waals surface area contributed by atoms with Crippen molar-refractivity contribution in [3.63, 3.8) is 0 Å². The number of hydrogen-bond acceptors (Lipinski definition) is 4. The van der Waals surface area contributed by atoms with Gasteiger partial charge >= 0.3 is 0 Å². The zero-order valence-corrected chi connectivity index (χ0v) is 17.8. The number of aryl methyl sites for hydroxylation is 3. The van der Waals surface area contributed by atoms with Crippen LogP contribution >= 0.6 is 0 Å². The Morgan fingerprint density at radius 3 is 2.03 bits per heavy atom. The van der Waals surface area contributed by atoms with Crippen molar-refractivity contribution in [1.29, 1.82) is 0 Å². The molecule has 0 saturated carbocycles. The summed E-state index contributed by atoms with van der Waals surface area (Å²) >= 11 is 0. The highest BCUT2D eigenvalue weighted by molar-refractivity contribution is 7.89. The lowest BCUT2D eigenvalue weighted by Crippen LogP contribution is -2.17. The van der Waals surface area contributed by atoms with Crippen LogP contribution in [0.1, 0.15) is 27.8 Å². The maximum atomic E-state index is 11.1. The number of sulfonamides is 1. The minimum Gasteiger partial charge on any atom is -0.399 e. The van der Waals surface area contributed by atoms with Gasteiger partial charge in [0.1, 0.15) is 12.8 Å². The maximum absolute atomic E-state index is 11.1. The van der Waals surface area contributed by atoms with Crippen LogP contribution in [0.3, 0.4) is 0 Å². The van der Waals surface area contributed by atoms with E-state index in [0.29, 0.717) is 6.42 Å². The Morgan fingerprint density at radius 1 is 0.800 bits per heavy atom. The SMILES string of the molecule is CO/N=C(/c1ccccc1)c1cccc(CCc2ccc(CCS(N)(=O)=O)cc2)c1. The molecule has 0 saturated heterocycles. The number of nitrogens with two attached hydrogens (primary N) is 1. The minimum atomic E-state index is -3.43. The summed E-state index contributed by atoms with van der Waals surface area (Å²) in [7, 11) is -1.88. The van der Waals surface area contributed by atoms with Crippen LogP contribution in [-0.4, -0.2) is 27.0 Å². The van der Waals surface area contributed by atoms with Gasteiger partial charge in [-0.25, -0.2) is 13.6 Å². The number of oxime groups is 1. The molecule has 0 aliphatic heterocycles. The molecule has 0 aliphatic rings. The van der Waals surface area contributed by atoms with Crippen molar-refractivity contribution in [3.05, 3.63) is 107 Å². The zero-order chi connectivity index (χ0) is 21.4. The Bertz CT molecular complexity index is 1090. The number of rotatable bonds is 9. The van der Waals surface area contributed by atoms with Gasteiger partial charge in [0.2, 0.25) is 10.0 Å². The molecule has 2 N–H and O–H groups in total. The lowest BCUT2D eigenvalue weighted by molar-refractivity contribution is 0.214. The first kappa shape index (κ1) is 21.7. The van der Waals surface area contributed by atoms with Gasteiger partial charge in [-0.3, -0.25) is 0 Å².